The largest absolute Gasteiger partial charge is 0.461 e. The number of nitrogens with zero attached hydrogens (tertiary/aromatic N) is 3. The van der Waals surface area contributed by atoms with Gasteiger partial charge in [0.2, 0.25) is 0 Å². The van der Waals surface area contributed by atoms with Gasteiger partial charge in [-0.3, -0.25) is 9.69 Å². The summed E-state index contributed by atoms with van der Waals surface area (Å²) in [7, 11) is 0. The van der Waals surface area contributed by atoms with Crippen molar-refractivity contribution in [1.29, 1.82) is 0 Å². The average molecular weight is 378 g/mol. The summed E-state index contributed by atoms with van der Waals surface area (Å²) < 4.78 is 5.58. The number of rotatable bonds is 3. The summed E-state index contributed by atoms with van der Waals surface area (Å²) in [5.41, 5.74) is 1.94. The van der Waals surface area contributed by atoms with Crippen molar-refractivity contribution in [2.75, 3.05) is 39.3 Å². The van der Waals surface area contributed by atoms with E-state index in [2.05, 4.69) is 31.9 Å². The van der Waals surface area contributed by atoms with Crippen LogP contribution in [0, 0.1) is 17.8 Å². The monoisotopic (exact) mass is 378 g/mol. The molecule has 4 saturated heterocycles. The average Bonchev–Trinajstić information content (AvgIpc) is 3.39. The van der Waals surface area contributed by atoms with Crippen molar-refractivity contribution >= 4 is 16.9 Å². The zero-order valence-corrected chi connectivity index (χ0v) is 16.1. The predicted octanol–water partition coefficient (Wildman–Crippen LogP) is 2.10. The van der Waals surface area contributed by atoms with Gasteiger partial charge in [-0.25, -0.2) is 4.98 Å². The van der Waals surface area contributed by atoms with Crippen LogP contribution < -0.4 is 5.32 Å². The van der Waals surface area contributed by atoms with Gasteiger partial charge in [0, 0.05) is 18.0 Å². The van der Waals surface area contributed by atoms with Crippen LogP contribution in [0.15, 0.2) is 22.9 Å². The molecule has 2 aromatic rings. The standard InChI is InChI=1S/C22H26N4O2/c27-22(24-20-14-26-10-5-16(20)6-11-26)19-12-18-17(15-28-21(18)13-23-19)4-3-9-25-7-1-2-8-25/h12-13,15-16,20H,1-2,5-11,14H2,(H,24,27). The first-order valence-electron chi connectivity index (χ1n) is 10.4. The van der Waals surface area contributed by atoms with E-state index in [0.717, 1.165) is 50.2 Å². The van der Waals surface area contributed by atoms with Gasteiger partial charge in [-0.1, -0.05) is 11.8 Å². The van der Waals surface area contributed by atoms with Crippen LogP contribution in [0.4, 0.5) is 0 Å². The lowest BCUT2D eigenvalue weighted by Crippen LogP contribution is -2.57. The molecule has 0 aliphatic carbocycles. The lowest BCUT2D eigenvalue weighted by molar-refractivity contribution is 0.0618. The molecule has 0 radical (unpaired) electrons. The highest BCUT2D eigenvalue weighted by atomic mass is 16.3. The van der Waals surface area contributed by atoms with Crippen molar-refractivity contribution in [3.05, 3.63) is 29.8 Å². The molecule has 6 heteroatoms. The van der Waals surface area contributed by atoms with E-state index in [-0.39, 0.29) is 11.9 Å². The predicted molar refractivity (Wildman–Crippen MR) is 107 cm³/mol. The number of carbonyl (C=O) groups excluding carboxylic acids is 1. The summed E-state index contributed by atoms with van der Waals surface area (Å²) in [6.07, 6.45) is 8.18. The fourth-order valence-electron chi connectivity index (χ4n) is 4.71. The molecule has 146 valence electrons. The second-order valence-corrected chi connectivity index (χ2v) is 8.22. The highest BCUT2D eigenvalue weighted by Crippen LogP contribution is 2.28. The van der Waals surface area contributed by atoms with Crippen LogP contribution in [0.1, 0.15) is 41.7 Å². The van der Waals surface area contributed by atoms with Crippen LogP contribution in [0.2, 0.25) is 0 Å². The van der Waals surface area contributed by atoms with Gasteiger partial charge < -0.3 is 14.6 Å². The Hall–Kier alpha value is -2.36. The van der Waals surface area contributed by atoms with E-state index in [9.17, 15) is 4.79 Å². The molecule has 2 bridgehead atoms. The minimum atomic E-state index is -0.0992. The number of pyridine rings is 1. The van der Waals surface area contributed by atoms with Gasteiger partial charge in [0.25, 0.3) is 5.91 Å². The van der Waals surface area contributed by atoms with Crippen LogP contribution in [-0.2, 0) is 0 Å². The van der Waals surface area contributed by atoms with Gasteiger partial charge in [0.1, 0.15) is 12.0 Å². The van der Waals surface area contributed by atoms with Crippen molar-refractivity contribution < 1.29 is 9.21 Å². The fourth-order valence-corrected chi connectivity index (χ4v) is 4.71. The zero-order chi connectivity index (χ0) is 18.9. The van der Waals surface area contributed by atoms with E-state index in [0.29, 0.717) is 17.2 Å². The molecule has 1 atom stereocenters. The normalized spacial score (nSPS) is 26.9. The quantitative estimate of drug-likeness (QED) is 0.829. The molecule has 1 N–H and O–H groups in total. The first kappa shape index (κ1) is 17.7. The molecule has 6 nitrogen and oxygen atoms in total. The molecule has 4 fully saturated rings. The number of hydrogen-bond donors (Lipinski definition) is 1. The SMILES string of the molecule is O=C(NC1CN2CCC1CC2)c1cc2c(C#CCN3CCCC3)coc2cn1. The van der Waals surface area contributed by atoms with Crippen LogP contribution in [0.5, 0.6) is 0 Å². The van der Waals surface area contributed by atoms with Gasteiger partial charge in [0.05, 0.1) is 18.3 Å². The summed E-state index contributed by atoms with van der Waals surface area (Å²) in [4.78, 5) is 21.9. The van der Waals surface area contributed by atoms with Crippen LogP contribution in [0.25, 0.3) is 11.0 Å². The second-order valence-electron chi connectivity index (χ2n) is 8.22. The summed E-state index contributed by atoms with van der Waals surface area (Å²) in [5.74, 6) is 6.95. The second kappa shape index (κ2) is 7.57. The maximum absolute atomic E-state index is 12.8. The van der Waals surface area contributed by atoms with E-state index in [1.165, 1.54) is 25.7 Å². The summed E-state index contributed by atoms with van der Waals surface area (Å²) in [6.45, 7) is 6.33. The highest BCUT2D eigenvalue weighted by molar-refractivity contribution is 5.97. The lowest BCUT2D eigenvalue weighted by atomic mass is 9.84. The van der Waals surface area contributed by atoms with Crippen LogP contribution in [0.3, 0.4) is 0 Å². The number of nitrogens with one attached hydrogen (secondary N) is 1. The molecule has 4 aliphatic heterocycles. The molecular weight excluding hydrogens is 352 g/mol. The fraction of sp³-hybridized carbons (Fsp3) is 0.545. The van der Waals surface area contributed by atoms with Gasteiger partial charge in [-0.2, -0.15) is 0 Å². The van der Waals surface area contributed by atoms with Crippen molar-refractivity contribution in [2.45, 2.75) is 31.7 Å². The molecule has 6 heterocycles. The Bertz CT molecular complexity index is 927. The number of carbonyl (C=O) groups is 1. The van der Waals surface area contributed by atoms with Crippen molar-refractivity contribution in [3.8, 4) is 11.8 Å². The molecule has 0 spiro atoms. The Labute approximate surface area is 165 Å². The molecule has 1 unspecified atom stereocenters. The minimum Gasteiger partial charge on any atom is -0.461 e. The van der Waals surface area contributed by atoms with Gasteiger partial charge >= 0.3 is 0 Å². The van der Waals surface area contributed by atoms with Gasteiger partial charge in [-0.15, -0.1) is 0 Å². The first-order chi connectivity index (χ1) is 13.8. The Morgan fingerprint density at radius 3 is 2.82 bits per heavy atom. The van der Waals surface area contributed by atoms with Gasteiger partial charge in [-0.05, 0) is 63.8 Å². The summed E-state index contributed by atoms with van der Waals surface area (Å²) >= 11 is 0. The zero-order valence-electron chi connectivity index (χ0n) is 16.1. The van der Waals surface area contributed by atoms with E-state index in [4.69, 9.17) is 4.42 Å². The number of amides is 1. The van der Waals surface area contributed by atoms with Crippen LogP contribution >= 0.6 is 0 Å². The smallest absolute Gasteiger partial charge is 0.270 e. The molecule has 0 saturated carbocycles. The van der Waals surface area contributed by atoms with E-state index in [1.807, 2.05) is 6.07 Å². The summed E-state index contributed by atoms with van der Waals surface area (Å²) in [6, 6.07) is 2.05. The highest BCUT2D eigenvalue weighted by Gasteiger charge is 2.35. The topological polar surface area (TPSA) is 61.6 Å². The third kappa shape index (κ3) is 3.52. The number of fused-ring (bicyclic) bond motifs is 4. The third-order valence-electron chi connectivity index (χ3n) is 6.39. The Kier molecular flexibility index (Phi) is 4.79. The lowest BCUT2D eigenvalue weighted by Gasteiger charge is -2.44. The number of hydrogen-bond acceptors (Lipinski definition) is 5. The van der Waals surface area contributed by atoms with E-state index < -0.39 is 0 Å². The summed E-state index contributed by atoms with van der Waals surface area (Å²) in [5, 5.41) is 4.07. The van der Waals surface area contributed by atoms with Crippen molar-refractivity contribution in [1.82, 2.24) is 20.1 Å². The molecule has 0 aromatic carbocycles. The molecule has 1 amide bonds. The molecule has 2 aromatic heterocycles. The number of likely N-dealkylation sites (tertiary alicyclic amines) is 1. The Morgan fingerprint density at radius 2 is 2.07 bits per heavy atom. The number of aromatic nitrogens is 1. The molecular formula is C22H26N4O2. The van der Waals surface area contributed by atoms with Gasteiger partial charge in [0.15, 0.2) is 5.58 Å². The maximum Gasteiger partial charge on any atom is 0.270 e. The minimum absolute atomic E-state index is 0.0992. The Morgan fingerprint density at radius 1 is 1.25 bits per heavy atom. The molecule has 28 heavy (non-hydrogen) atoms. The van der Waals surface area contributed by atoms with E-state index in [1.54, 1.807) is 12.5 Å². The third-order valence-corrected chi connectivity index (χ3v) is 6.39. The van der Waals surface area contributed by atoms with Crippen molar-refractivity contribution in [2.24, 2.45) is 5.92 Å². The maximum atomic E-state index is 12.8. The molecule has 6 rings (SSSR count). The van der Waals surface area contributed by atoms with Crippen LogP contribution in [-0.4, -0.2) is 66.0 Å². The number of piperidine rings is 3. The Balaban J connectivity index is 1.31. The first-order valence-corrected chi connectivity index (χ1v) is 10.4. The number of furan rings is 1. The molecule has 4 aliphatic rings. The van der Waals surface area contributed by atoms with E-state index >= 15 is 0 Å². The van der Waals surface area contributed by atoms with Crippen molar-refractivity contribution in [3.63, 3.8) is 0 Å².